The summed E-state index contributed by atoms with van der Waals surface area (Å²) in [6, 6.07) is 63.9. The van der Waals surface area contributed by atoms with Gasteiger partial charge < -0.3 is 0 Å². The van der Waals surface area contributed by atoms with Gasteiger partial charge in [0.25, 0.3) is 23.6 Å². The van der Waals surface area contributed by atoms with Gasteiger partial charge in [-0.05, 0) is 208 Å². The van der Waals surface area contributed by atoms with Crippen molar-refractivity contribution in [2.75, 3.05) is 0 Å². The second kappa shape index (κ2) is 24.3. The summed E-state index contributed by atoms with van der Waals surface area (Å²) in [5.41, 5.74) is 2.43. The first-order valence-corrected chi connectivity index (χ1v) is 42.1. The highest BCUT2D eigenvalue weighted by Gasteiger charge is 2.45. The van der Waals surface area contributed by atoms with Crippen molar-refractivity contribution in [3.05, 3.63) is 215 Å². The van der Waals surface area contributed by atoms with Crippen LogP contribution in [0.1, 0.15) is 69.1 Å². The van der Waals surface area contributed by atoms with Crippen LogP contribution in [0.4, 0.5) is 0 Å². The van der Waals surface area contributed by atoms with Gasteiger partial charge in [-0.25, -0.2) is 0 Å². The summed E-state index contributed by atoms with van der Waals surface area (Å²) in [6.45, 7) is 7.40. The smallest absolute Gasteiger partial charge is 0.262 e. The first-order chi connectivity index (χ1) is 46.8. The molecule has 2 aromatic carbocycles. The van der Waals surface area contributed by atoms with E-state index in [9.17, 15) is 0 Å². The van der Waals surface area contributed by atoms with Crippen LogP contribution in [-0.2, 0) is 0 Å². The molecule has 0 N–H and O–H groups in total. The molecule has 16 heterocycles. The van der Waals surface area contributed by atoms with Crippen LogP contribution >= 0.6 is 159 Å². The molecule has 0 aliphatic carbocycles. The van der Waals surface area contributed by atoms with E-state index in [-0.39, 0.29) is 0 Å². The van der Waals surface area contributed by atoms with Crippen LogP contribution in [0.25, 0.3) is 149 Å². The van der Waals surface area contributed by atoms with Crippen molar-refractivity contribution in [3.63, 3.8) is 0 Å². The molecule has 0 spiro atoms. The van der Waals surface area contributed by atoms with Gasteiger partial charge in [0.05, 0.1) is 11.1 Å². The number of carbonyl (C=O) groups excluding carboxylic acids is 4. The average molecular weight is 1500 g/mol. The minimum absolute atomic E-state index is 0.308. The summed E-state index contributed by atoms with van der Waals surface area (Å²) in [7, 11) is 0. The molecule has 0 radical (unpaired) electrons. The van der Waals surface area contributed by atoms with Gasteiger partial charge in [0.2, 0.25) is 0 Å². The van der Waals surface area contributed by atoms with Crippen LogP contribution in [0.3, 0.4) is 0 Å². The molecule has 0 saturated heterocycles. The van der Waals surface area contributed by atoms with E-state index in [1.54, 1.807) is 90.7 Å². The number of imide groups is 2. The van der Waals surface area contributed by atoms with Crippen LogP contribution in [0.15, 0.2) is 193 Å². The molecule has 2 aliphatic rings. The molecular weight excluding hydrogens is 1450 g/mol. The highest BCUT2D eigenvalue weighted by atomic mass is 32.2. The Morgan fingerprint density at radius 1 is 0.229 bits per heavy atom. The van der Waals surface area contributed by atoms with E-state index in [1.807, 2.05) is 120 Å². The second-order valence-electron chi connectivity index (χ2n) is 23.5. The van der Waals surface area contributed by atoms with E-state index < -0.39 is 35.7 Å². The van der Waals surface area contributed by atoms with E-state index >= 15 is 19.2 Å². The Morgan fingerprint density at radius 2 is 0.417 bits per heavy atom. The van der Waals surface area contributed by atoms with Gasteiger partial charge in [-0.15, -0.1) is 159 Å². The fourth-order valence-electron chi connectivity index (χ4n) is 12.5. The standard InChI is InChI=1S/C76H46N2O4S14/c1-37(2)77-73(79)41-35-40(44-10-12-50(86-44)52-18-20-58(90-52)60-26-28-66(94-60)68-32-30-64(96-68)62-24-22-56(92-62)54-16-14-48(88-54)46-8-6-34-84-46)72-70-42(74(80)78(38(3)4)76(72)82)36-39(71(69(41)70)75(77)81)43-9-11-49(85-43)51-17-19-57(89-51)59-25-27-65(93-59)67-31-29-63(95-67)61-23-21-55(91-61)53-15-13-47(87-53)45-7-5-33-83-45/h5-38H,1-4H3. The SMILES string of the molecule is CC(C)N1C(=O)c2cc(-c3ccc(-c4ccc(-c5ccc(-c6ccc(-c7ccc(-c8ccc(-c9cccs9)s8)s7)s6)s5)s4)s3)c3c4c(cc(-c5ccc(-c6ccc(-c7ccc(-c8ccc(-c9ccc(-c%10ccc(-c%11cccs%11)s%10)s9)s8)s7)s6)s5)c(c24)C1=O)C(=O)N(C(C)C)C3=O. The molecule has 0 unspecified atom stereocenters. The maximum atomic E-state index is 15.2. The van der Waals surface area contributed by atoms with Gasteiger partial charge in [-0.3, -0.25) is 29.0 Å². The Balaban J connectivity index is 0.630. The van der Waals surface area contributed by atoms with Gasteiger partial charge in [0.15, 0.2) is 0 Å². The van der Waals surface area contributed by atoms with Crippen LogP contribution in [0.2, 0.25) is 0 Å². The fraction of sp³-hybridized carbons (Fsp3) is 0.0789. The molecule has 0 fully saturated rings. The van der Waals surface area contributed by atoms with Crippen molar-refractivity contribution >= 4 is 193 Å². The average Bonchev–Trinajstić information content (AvgIpc) is 1.67. The number of rotatable bonds is 16. The third-order valence-electron chi connectivity index (χ3n) is 17.0. The first-order valence-electron chi connectivity index (χ1n) is 30.6. The molecule has 14 aromatic heterocycles. The third-order valence-corrected chi connectivity index (χ3v) is 34.1. The van der Waals surface area contributed by atoms with Gasteiger partial charge in [-0.2, -0.15) is 0 Å². The summed E-state index contributed by atoms with van der Waals surface area (Å²) in [5, 5.41) is 4.99. The Bertz CT molecular complexity index is 5400. The van der Waals surface area contributed by atoms with Crippen LogP contribution in [-0.4, -0.2) is 45.5 Å². The number of thiophene rings is 14. The van der Waals surface area contributed by atoms with Crippen LogP contribution in [0, 0.1) is 0 Å². The van der Waals surface area contributed by atoms with Crippen molar-refractivity contribution in [1.82, 2.24) is 9.80 Å². The molecule has 0 atom stereocenters. The zero-order valence-corrected chi connectivity index (χ0v) is 62.3. The molecule has 4 amide bonds. The molecular formula is C76H46N2O4S14. The summed E-state index contributed by atoms with van der Waals surface area (Å²) < 4.78 is 0. The lowest BCUT2D eigenvalue weighted by Crippen LogP contribution is -2.47. The lowest BCUT2D eigenvalue weighted by atomic mass is 9.80. The Morgan fingerprint density at radius 3 is 0.604 bits per heavy atom. The van der Waals surface area contributed by atoms with Crippen molar-refractivity contribution in [2.24, 2.45) is 0 Å². The summed E-state index contributed by atoms with van der Waals surface area (Å²) in [6.07, 6.45) is 0. The number of hydrogen-bond acceptors (Lipinski definition) is 18. The molecule has 2 aliphatic heterocycles. The summed E-state index contributed by atoms with van der Waals surface area (Å²) in [5.74, 6) is -1.76. The predicted octanol–water partition coefficient (Wildman–Crippen LogP) is 27.0. The van der Waals surface area contributed by atoms with Gasteiger partial charge in [0, 0.05) is 172 Å². The Labute approximate surface area is 608 Å². The van der Waals surface area contributed by atoms with E-state index in [0.717, 1.165) is 39.0 Å². The maximum absolute atomic E-state index is 15.2. The molecule has 468 valence electrons. The van der Waals surface area contributed by atoms with Gasteiger partial charge in [0.1, 0.15) is 0 Å². The number of hydrogen-bond donors (Lipinski definition) is 0. The van der Waals surface area contributed by atoms with Crippen molar-refractivity contribution in [3.8, 4) is 138 Å². The number of benzene rings is 2. The van der Waals surface area contributed by atoms with E-state index in [0.29, 0.717) is 44.2 Å². The quantitative estimate of drug-likeness (QED) is 0.0904. The van der Waals surface area contributed by atoms with Crippen LogP contribution < -0.4 is 0 Å². The lowest BCUT2D eigenvalue weighted by molar-refractivity contribution is 0.0542. The zero-order chi connectivity index (χ0) is 64.8. The number of amides is 4. The minimum Gasteiger partial charge on any atom is -0.272 e. The largest absolute Gasteiger partial charge is 0.272 e. The highest BCUT2D eigenvalue weighted by Crippen LogP contribution is 2.54. The molecule has 6 nitrogen and oxygen atoms in total. The molecule has 18 rings (SSSR count). The molecule has 0 bridgehead atoms. The highest BCUT2D eigenvalue weighted by molar-refractivity contribution is 7.33. The topological polar surface area (TPSA) is 74.8 Å². The number of carbonyl (C=O) groups is 4. The van der Waals surface area contributed by atoms with Crippen molar-refractivity contribution < 1.29 is 19.2 Å². The second-order valence-corrected chi connectivity index (χ2v) is 38.4. The van der Waals surface area contributed by atoms with Crippen molar-refractivity contribution in [1.29, 1.82) is 0 Å². The fourth-order valence-corrected chi connectivity index (χ4v) is 27.2. The Kier molecular flexibility index (Phi) is 15.5. The normalized spacial score (nSPS) is 13.2. The molecule has 0 saturated carbocycles. The summed E-state index contributed by atoms with van der Waals surface area (Å²) >= 11 is 24.7. The van der Waals surface area contributed by atoms with Crippen molar-refractivity contribution in [2.45, 2.75) is 39.8 Å². The maximum Gasteiger partial charge on any atom is 0.262 e. The Hall–Kier alpha value is -7.22. The lowest BCUT2D eigenvalue weighted by Gasteiger charge is -2.36. The monoisotopic (exact) mass is 1500 g/mol. The molecule has 16 aromatic rings. The first kappa shape index (κ1) is 61.1. The van der Waals surface area contributed by atoms with Gasteiger partial charge in [-0.1, -0.05) is 12.1 Å². The van der Waals surface area contributed by atoms with E-state index in [4.69, 9.17) is 0 Å². The minimum atomic E-state index is -0.470. The van der Waals surface area contributed by atoms with E-state index in [1.165, 1.54) is 97.6 Å². The number of nitrogens with zero attached hydrogens (tertiary/aromatic N) is 2. The van der Waals surface area contributed by atoms with Crippen LogP contribution in [0.5, 0.6) is 0 Å². The third kappa shape index (κ3) is 10.5. The van der Waals surface area contributed by atoms with E-state index in [2.05, 4.69) is 168 Å². The zero-order valence-electron chi connectivity index (χ0n) is 50.9. The summed E-state index contributed by atoms with van der Waals surface area (Å²) in [4.78, 5) is 93.9. The molecule has 20 heteroatoms. The predicted molar refractivity (Wildman–Crippen MR) is 422 cm³/mol. The van der Waals surface area contributed by atoms with Gasteiger partial charge >= 0.3 is 0 Å². The molecule has 96 heavy (non-hydrogen) atoms.